The molecule has 0 radical (unpaired) electrons. The topological polar surface area (TPSA) is 50.4 Å². The van der Waals surface area contributed by atoms with Crippen LogP contribution in [0.2, 0.25) is 0 Å². The Morgan fingerprint density at radius 2 is 1.76 bits per heavy atom. The molecule has 5 heteroatoms. The van der Waals surface area contributed by atoms with Crippen LogP contribution >= 0.6 is 12.2 Å². The molecule has 2 N–H and O–H groups in total. The molecule has 1 unspecified atom stereocenters. The first-order valence-corrected chi connectivity index (χ1v) is 8.59. The number of ether oxygens (including phenoxy) is 1. The second-order valence-corrected chi connectivity index (χ2v) is 7.65. The summed E-state index contributed by atoms with van der Waals surface area (Å²) in [7, 11) is 1.48. The number of nitrogens with one attached hydrogen (secondary N) is 2. The van der Waals surface area contributed by atoms with Gasteiger partial charge in [-0.25, -0.2) is 4.79 Å². The number of thiocarbonyl (C=S) groups is 1. The van der Waals surface area contributed by atoms with Gasteiger partial charge in [0.25, 0.3) is 0 Å². The summed E-state index contributed by atoms with van der Waals surface area (Å²) in [5, 5.41) is 6.94. The summed E-state index contributed by atoms with van der Waals surface area (Å²) >= 11 is 5.32. The molecular formula is C16H26N2O2S. The van der Waals surface area contributed by atoms with Gasteiger partial charge in [-0.3, -0.25) is 0 Å². The Kier molecular flexibility index (Phi) is 4.12. The molecule has 0 heterocycles. The van der Waals surface area contributed by atoms with E-state index in [0.717, 1.165) is 43.6 Å². The lowest BCUT2D eigenvalue weighted by atomic mass is 9.47. The summed E-state index contributed by atoms with van der Waals surface area (Å²) in [5.74, 6) is 2.26. The van der Waals surface area contributed by atoms with Gasteiger partial charge in [0.2, 0.25) is 0 Å². The third-order valence-corrected chi connectivity index (χ3v) is 6.01. The van der Waals surface area contributed by atoms with E-state index in [9.17, 15) is 4.79 Å². The summed E-state index contributed by atoms with van der Waals surface area (Å²) in [6.45, 7) is 2.77. The van der Waals surface area contributed by atoms with Gasteiger partial charge in [0.05, 0.1) is 7.11 Å². The number of hydrogen-bond acceptors (Lipinski definition) is 3. The SMILES string of the molecule is CCNC(=S)NC(C(=O)OC)C12CC3CC(CC(C3)C1)C2. The maximum absolute atomic E-state index is 12.4. The second kappa shape index (κ2) is 5.75. The average Bonchev–Trinajstić information content (AvgIpc) is 2.42. The fourth-order valence-electron chi connectivity index (χ4n) is 5.45. The molecule has 0 spiro atoms. The van der Waals surface area contributed by atoms with Crippen LogP contribution in [0, 0.1) is 23.2 Å². The maximum atomic E-state index is 12.4. The van der Waals surface area contributed by atoms with Gasteiger partial charge in [-0.15, -0.1) is 0 Å². The van der Waals surface area contributed by atoms with Crippen LogP contribution in [0.15, 0.2) is 0 Å². The average molecular weight is 310 g/mol. The van der Waals surface area contributed by atoms with E-state index in [4.69, 9.17) is 17.0 Å². The number of hydrogen-bond donors (Lipinski definition) is 2. The van der Waals surface area contributed by atoms with Crippen molar-refractivity contribution in [3.05, 3.63) is 0 Å². The number of esters is 1. The predicted molar refractivity (Wildman–Crippen MR) is 85.8 cm³/mol. The third-order valence-electron chi connectivity index (χ3n) is 5.75. The van der Waals surface area contributed by atoms with Crippen LogP contribution in [0.1, 0.15) is 45.4 Å². The van der Waals surface area contributed by atoms with Crippen LogP contribution in [-0.2, 0) is 9.53 Å². The Morgan fingerprint density at radius 3 is 2.19 bits per heavy atom. The lowest BCUT2D eigenvalue weighted by molar-refractivity contribution is -0.154. The summed E-state index contributed by atoms with van der Waals surface area (Å²) in [5.41, 5.74) is 0.0569. The third kappa shape index (κ3) is 2.77. The highest BCUT2D eigenvalue weighted by Gasteiger charge is 2.56. The lowest BCUT2D eigenvalue weighted by Gasteiger charge is -2.58. The van der Waals surface area contributed by atoms with Gasteiger partial charge in [-0.1, -0.05) is 0 Å². The number of carbonyl (C=O) groups is 1. The van der Waals surface area contributed by atoms with E-state index >= 15 is 0 Å². The van der Waals surface area contributed by atoms with Gasteiger partial charge in [0.15, 0.2) is 5.11 Å². The van der Waals surface area contributed by atoms with Crippen molar-refractivity contribution in [3.63, 3.8) is 0 Å². The van der Waals surface area contributed by atoms with Crippen LogP contribution in [0.25, 0.3) is 0 Å². The highest BCUT2D eigenvalue weighted by Crippen LogP contribution is 2.61. The van der Waals surface area contributed by atoms with E-state index in [1.807, 2.05) is 6.92 Å². The fraction of sp³-hybridized carbons (Fsp3) is 0.875. The molecule has 0 amide bonds. The van der Waals surface area contributed by atoms with E-state index in [-0.39, 0.29) is 17.4 Å². The smallest absolute Gasteiger partial charge is 0.328 e. The van der Waals surface area contributed by atoms with Crippen LogP contribution in [0.4, 0.5) is 0 Å². The Bertz CT molecular complexity index is 403. The molecule has 0 saturated heterocycles. The number of methoxy groups -OCH3 is 1. The van der Waals surface area contributed by atoms with E-state index < -0.39 is 0 Å². The first-order valence-electron chi connectivity index (χ1n) is 8.18. The lowest BCUT2D eigenvalue weighted by Crippen LogP contribution is -2.61. The monoisotopic (exact) mass is 310 g/mol. The van der Waals surface area contributed by atoms with Gasteiger partial charge in [0.1, 0.15) is 6.04 Å². The molecule has 0 aromatic heterocycles. The molecule has 1 atom stereocenters. The Balaban J connectivity index is 1.82. The summed E-state index contributed by atoms with van der Waals surface area (Å²) < 4.78 is 5.09. The first-order chi connectivity index (χ1) is 10.1. The molecule has 118 valence electrons. The molecule has 0 aromatic carbocycles. The van der Waals surface area contributed by atoms with E-state index in [1.165, 1.54) is 26.4 Å². The summed E-state index contributed by atoms with van der Waals surface area (Å²) in [6.07, 6.45) is 7.56. The summed E-state index contributed by atoms with van der Waals surface area (Å²) in [6, 6.07) is -0.289. The highest BCUT2D eigenvalue weighted by molar-refractivity contribution is 7.80. The zero-order chi connectivity index (χ0) is 15.0. The minimum atomic E-state index is -0.289. The van der Waals surface area contributed by atoms with Crippen LogP contribution in [-0.4, -0.2) is 30.8 Å². The second-order valence-electron chi connectivity index (χ2n) is 7.24. The van der Waals surface area contributed by atoms with Crippen molar-refractivity contribution in [1.29, 1.82) is 0 Å². The number of rotatable bonds is 4. The maximum Gasteiger partial charge on any atom is 0.328 e. The van der Waals surface area contributed by atoms with Crippen molar-refractivity contribution in [2.45, 2.75) is 51.5 Å². The molecule has 4 fully saturated rings. The molecule has 4 rings (SSSR count). The first kappa shape index (κ1) is 15.1. The molecule has 4 aliphatic rings. The van der Waals surface area contributed by atoms with Crippen molar-refractivity contribution < 1.29 is 9.53 Å². The minimum Gasteiger partial charge on any atom is -0.467 e. The van der Waals surface area contributed by atoms with Crippen molar-refractivity contribution in [3.8, 4) is 0 Å². The minimum absolute atomic E-state index is 0.0569. The van der Waals surface area contributed by atoms with Gasteiger partial charge < -0.3 is 15.4 Å². The predicted octanol–water partition coefficient (Wildman–Crippen LogP) is 2.23. The zero-order valence-corrected chi connectivity index (χ0v) is 13.8. The van der Waals surface area contributed by atoms with E-state index in [0.29, 0.717) is 5.11 Å². The summed E-state index contributed by atoms with van der Waals surface area (Å²) in [4.78, 5) is 12.4. The van der Waals surface area contributed by atoms with Gasteiger partial charge in [-0.05, 0) is 75.4 Å². The van der Waals surface area contributed by atoms with Gasteiger partial charge in [-0.2, -0.15) is 0 Å². The quantitative estimate of drug-likeness (QED) is 0.616. The zero-order valence-electron chi connectivity index (χ0n) is 13.0. The van der Waals surface area contributed by atoms with E-state index in [2.05, 4.69) is 10.6 Å². The van der Waals surface area contributed by atoms with Gasteiger partial charge in [0, 0.05) is 12.0 Å². The molecule has 4 nitrogen and oxygen atoms in total. The van der Waals surface area contributed by atoms with Gasteiger partial charge >= 0.3 is 5.97 Å². The Labute approximate surface area is 132 Å². The molecule has 4 aliphatic carbocycles. The normalized spacial score (nSPS) is 37.9. The van der Waals surface area contributed by atoms with Crippen molar-refractivity contribution in [1.82, 2.24) is 10.6 Å². The Hall–Kier alpha value is -0.840. The number of carbonyl (C=O) groups excluding carboxylic acids is 1. The largest absolute Gasteiger partial charge is 0.467 e. The van der Waals surface area contributed by atoms with Crippen molar-refractivity contribution in [2.75, 3.05) is 13.7 Å². The van der Waals surface area contributed by atoms with Crippen molar-refractivity contribution >= 4 is 23.3 Å². The van der Waals surface area contributed by atoms with Crippen molar-refractivity contribution in [2.24, 2.45) is 23.2 Å². The van der Waals surface area contributed by atoms with Crippen LogP contribution in [0.3, 0.4) is 0 Å². The molecule has 0 aliphatic heterocycles. The molecule has 0 aromatic rings. The Morgan fingerprint density at radius 1 is 1.24 bits per heavy atom. The molecular weight excluding hydrogens is 284 g/mol. The van der Waals surface area contributed by atoms with Crippen LogP contribution in [0.5, 0.6) is 0 Å². The molecule has 21 heavy (non-hydrogen) atoms. The standard InChI is InChI=1S/C16H26N2O2S/c1-3-17-15(21)18-13(14(19)20-2)16-7-10-4-11(8-16)6-12(5-10)9-16/h10-13H,3-9H2,1-2H3,(H2,17,18,21). The van der Waals surface area contributed by atoms with E-state index in [1.54, 1.807) is 0 Å². The van der Waals surface area contributed by atoms with Crippen LogP contribution < -0.4 is 10.6 Å². The fourth-order valence-corrected chi connectivity index (χ4v) is 5.72. The highest BCUT2D eigenvalue weighted by atomic mass is 32.1. The molecule has 4 bridgehead atoms. The molecule has 4 saturated carbocycles.